The molecule has 1 atom stereocenters. The standard InChI is InChI=1S/C18H40O2Si/c1-7-8-9-10-11-12-13-14-15-17(16-19)20-21(5,6)18(2,3)4/h17,19H,7-16H2,1-6H3. The molecule has 0 aromatic carbocycles. The fourth-order valence-corrected chi connectivity index (χ4v) is 3.67. The summed E-state index contributed by atoms with van der Waals surface area (Å²) in [5.41, 5.74) is 0. The van der Waals surface area contributed by atoms with Crippen molar-refractivity contribution in [2.75, 3.05) is 6.61 Å². The van der Waals surface area contributed by atoms with Crippen molar-refractivity contribution >= 4 is 8.32 Å². The van der Waals surface area contributed by atoms with Gasteiger partial charge in [-0.1, -0.05) is 79.1 Å². The minimum absolute atomic E-state index is 0.0472. The van der Waals surface area contributed by atoms with E-state index < -0.39 is 8.32 Å². The molecule has 0 amide bonds. The second-order valence-electron chi connectivity index (χ2n) is 7.95. The normalized spacial score (nSPS) is 14.4. The quantitative estimate of drug-likeness (QED) is 0.359. The van der Waals surface area contributed by atoms with E-state index in [1.165, 1.54) is 51.4 Å². The Kier molecular flexibility index (Phi) is 10.9. The van der Waals surface area contributed by atoms with Crippen LogP contribution in [-0.2, 0) is 4.43 Å². The van der Waals surface area contributed by atoms with Crippen LogP contribution in [0.1, 0.15) is 85.5 Å². The molecule has 0 radical (unpaired) electrons. The molecule has 0 saturated carbocycles. The summed E-state index contributed by atoms with van der Waals surface area (Å²) >= 11 is 0. The number of hydrogen-bond donors (Lipinski definition) is 1. The molecular weight excluding hydrogens is 276 g/mol. The highest BCUT2D eigenvalue weighted by Gasteiger charge is 2.38. The van der Waals surface area contributed by atoms with Crippen LogP contribution in [0.4, 0.5) is 0 Å². The molecule has 0 aromatic heterocycles. The van der Waals surface area contributed by atoms with Gasteiger partial charge in [-0.15, -0.1) is 0 Å². The van der Waals surface area contributed by atoms with Crippen LogP contribution < -0.4 is 0 Å². The van der Waals surface area contributed by atoms with E-state index in [1.54, 1.807) is 0 Å². The van der Waals surface area contributed by atoms with Gasteiger partial charge in [-0.3, -0.25) is 0 Å². The summed E-state index contributed by atoms with van der Waals surface area (Å²) in [5, 5.41) is 9.77. The molecule has 21 heavy (non-hydrogen) atoms. The van der Waals surface area contributed by atoms with Gasteiger partial charge in [0.15, 0.2) is 8.32 Å². The van der Waals surface area contributed by atoms with Crippen LogP contribution in [0.2, 0.25) is 18.1 Å². The summed E-state index contributed by atoms with van der Waals surface area (Å²) < 4.78 is 6.30. The third-order valence-electron chi connectivity index (χ3n) is 4.85. The molecule has 0 aliphatic rings. The zero-order chi connectivity index (χ0) is 16.4. The molecule has 1 unspecified atom stereocenters. The number of aliphatic hydroxyl groups excluding tert-OH is 1. The van der Waals surface area contributed by atoms with E-state index in [0.717, 1.165) is 6.42 Å². The molecule has 0 aromatic rings. The van der Waals surface area contributed by atoms with E-state index in [4.69, 9.17) is 4.43 Å². The van der Waals surface area contributed by atoms with Gasteiger partial charge in [0.05, 0.1) is 12.7 Å². The van der Waals surface area contributed by atoms with Crippen LogP contribution in [0.15, 0.2) is 0 Å². The molecule has 0 spiro atoms. The predicted molar refractivity (Wildman–Crippen MR) is 96.4 cm³/mol. The van der Waals surface area contributed by atoms with E-state index in [9.17, 15) is 5.11 Å². The fourth-order valence-electron chi connectivity index (χ4n) is 2.29. The monoisotopic (exact) mass is 316 g/mol. The van der Waals surface area contributed by atoms with E-state index in [1.807, 2.05) is 0 Å². The Morgan fingerprint density at radius 3 is 1.81 bits per heavy atom. The van der Waals surface area contributed by atoms with E-state index >= 15 is 0 Å². The Bertz CT molecular complexity index is 246. The lowest BCUT2D eigenvalue weighted by Gasteiger charge is -2.39. The van der Waals surface area contributed by atoms with Gasteiger partial charge in [-0.2, -0.15) is 0 Å². The van der Waals surface area contributed by atoms with E-state index in [0.29, 0.717) is 0 Å². The summed E-state index contributed by atoms with van der Waals surface area (Å²) in [6, 6.07) is 0. The predicted octanol–water partition coefficient (Wildman–Crippen LogP) is 5.90. The van der Waals surface area contributed by atoms with Crippen LogP contribution >= 0.6 is 0 Å². The van der Waals surface area contributed by atoms with Gasteiger partial charge in [0, 0.05) is 0 Å². The Balaban J connectivity index is 3.81. The summed E-state index contributed by atoms with van der Waals surface area (Å²) in [6.45, 7) is 13.7. The van der Waals surface area contributed by atoms with Crippen LogP contribution in [0.5, 0.6) is 0 Å². The average Bonchev–Trinajstić information content (AvgIpc) is 2.39. The fraction of sp³-hybridized carbons (Fsp3) is 1.00. The maximum atomic E-state index is 9.55. The van der Waals surface area contributed by atoms with Gasteiger partial charge < -0.3 is 9.53 Å². The number of aliphatic hydroxyl groups is 1. The third-order valence-corrected chi connectivity index (χ3v) is 9.39. The molecule has 3 heteroatoms. The van der Waals surface area contributed by atoms with Gasteiger partial charge in [0.25, 0.3) is 0 Å². The highest BCUT2D eigenvalue weighted by molar-refractivity contribution is 6.74. The average molecular weight is 317 g/mol. The van der Waals surface area contributed by atoms with Crippen LogP contribution in [0, 0.1) is 0 Å². The number of rotatable bonds is 12. The largest absolute Gasteiger partial charge is 0.412 e. The molecule has 0 aliphatic carbocycles. The van der Waals surface area contributed by atoms with E-state index in [2.05, 4.69) is 40.8 Å². The molecule has 0 aliphatic heterocycles. The van der Waals surface area contributed by atoms with Crippen molar-refractivity contribution in [1.29, 1.82) is 0 Å². The lowest BCUT2D eigenvalue weighted by Crippen LogP contribution is -2.44. The van der Waals surface area contributed by atoms with Crippen molar-refractivity contribution in [2.24, 2.45) is 0 Å². The first-order valence-corrected chi connectivity index (χ1v) is 11.9. The molecule has 2 nitrogen and oxygen atoms in total. The summed E-state index contributed by atoms with van der Waals surface area (Å²) in [6.07, 6.45) is 11.7. The smallest absolute Gasteiger partial charge is 0.192 e. The first-order chi connectivity index (χ1) is 9.74. The van der Waals surface area contributed by atoms with Crippen molar-refractivity contribution in [3.05, 3.63) is 0 Å². The molecule has 0 rings (SSSR count). The summed E-state index contributed by atoms with van der Waals surface area (Å²) in [4.78, 5) is 0. The molecule has 1 N–H and O–H groups in total. The summed E-state index contributed by atoms with van der Waals surface area (Å²) in [5.74, 6) is 0. The lowest BCUT2D eigenvalue weighted by molar-refractivity contribution is 0.0937. The Labute approximate surface area is 134 Å². The molecule has 0 saturated heterocycles. The minimum Gasteiger partial charge on any atom is -0.412 e. The maximum Gasteiger partial charge on any atom is 0.192 e. The van der Waals surface area contributed by atoms with Crippen LogP contribution in [0.3, 0.4) is 0 Å². The zero-order valence-corrected chi connectivity index (χ0v) is 16.5. The Morgan fingerprint density at radius 1 is 0.905 bits per heavy atom. The number of hydrogen-bond acceptors (Lipinski definition) is 2. The molecule has 0 bridgehead atoms. The first-order valence-electron chi connectivity index (χ1n) is 9.03. The van der Waals surface area contributed by atoms with Gasteiger partial charge in [0.2, 0.25) is 0 Å². The second-order valence-corrected chi connectivity index (χ2v) is 12.7. The Morgan fingerprint density at radius 2 is 1.38 bits per heavy atom. The molecule has 0 heterocycles. The van der Waals surface area contributed by atoms with Crippen molar-refractivity contribution in [3.63, 3.8) is 0 Å². The van der Waals surface area contributed by atoms with Crippen molar-refractivity contribution < 1.29 is 9.53 Å². The molecular formula is C18H40O2Si. The van der Waals surface area contributed by atoms with Gasteiger partial charge in [-0.05, 0) is 24.6 Å². The number of unbranched alkanes of at least 4 members (excludes halogenated alkanes) is 7. The lowest BCUT2D eigenvalue weighted by atomic mass is 10.1. The second kappa shape index (κ2) is 10.8. The highest BCUT2D eigenvalue weighted by atomic mass is 28.4. The Hall–Kier alpha value is 0.137. The minimum atomic E-state index is -1.74. The van der Waals surface area contributed by atoms with Gasteiger partial charge in [-0.25, -0.2) is 0 Å². The van der Waals surface area contributed by atoms with Crippen LogP contribution in [0.25, 0.3) is 0 Å². The molecule has 0 fully saturated rings. The first kappa shape index (κ1) is 21.1. The van der Waals surface area contributed by atoms with Gasteiger partial charge in [0.1, 0.15) is 0 Å². The summed E-state index contributed by atoms with van der Waals surface area (Å²) in [7, 11) is -1.74. The van der Waals surface area contributed by atoms with E-state index in [-0.39, 0.29) is 17.7 Å². The third kappa shape index (κ3) is 9.70. The van der Waals surface area contributed by atoms with Crippen molar-refractivity contribution in [2.45, 2.75) is 110 Å². The maximum absolute atomic E-state index is 9.55. The topological polar surface area (TPSA) is 29.5 Å². The van der Waals surface area contributed by atoms with Crippen molar-refractivity contribution in [3.8, 4) is 0 Å². The highest BCUT2D eigenvalue weighted by Crippen LogP contribution is 2.37. The SMILES string of the molecule is CCCCCCCCCCC(CO)O[Si](C)(C)C(C)(C)C. The van der Waals surface area contributed by atoms with Crippen molar-refractivity contribution in [1.82, 2.24) is 0 Å². The van der Waals surface area contributed by atoms with Crippen LogP contribution in [-0.4, -0.2) is 26.1 Å². The van der Waals surface area contributed by atoms with Gasteiger partial charge >= 0.3 is 0 Å². The zero-order valence-electron chi connectivity index (χ0n) is 15.5. The molecule has 128 valence electrons.